The number of imidazole rings is 6. The number of halogens is 2. The fourth-order valence-corrected chi connectivity index (χ4v) is 17.4. The van der Waals surface area contributed by atoms with E-state index in [1.807, 2.05) is 80.6 Å². The minimum Gasteiger partial charge on any atom is -0.486 e. The first kappa shape index (κ1) is 94.4. The van der Waals surface area contributed by atoms with Gasteiger partial charge in [0.15, 0.2) is 57.5 Å². The summed E-state index contributed by atoms with van der Waals surface area (Å²) in [6, 6.07) is 56.8. The van der Waals surface area contributed by atoms with Gasteiger partial charge in [-0.2, -0.15) is 0 Å². The molecule has 136 heavy (non-hydrogen) atoms. The molecule has 0 saturated carbocycles. The van der Waals surface area contributed by atoms with Crippen molar-refractivity contribution in [3.05, 3.63) is 215 Å². The normalized spacial score (nSPS) is 14.4. The van der Waals surface area contributed by atoms with E-state index in [0.29, 0.717) is 57.5 Å². The zero-order chi connectivity index (χ0) is 96.7. The Morgan fingerprint density at radius 3 is 1.08 bits per heavy atom. The summed E-state index contributed by atoms with van der Waals surface area (Å²) in [5.74, 6) is 12.2. The van der Waals surface area contributed by atoms with Gasteiger partial charge in [-0.3, -0.25) is 0 Å². The number of ether oxygens (including phenoxy) is 10. The number of hydrogen-bond acceptors (Lipinski definition) is 20. The maximum Gasteiger partial charge on any atom is 0.586 e. The highest BCUT2D eigenvalue weighted by molar-refractivity contribution is 7.19. The van der Waals surface area contributed by atoms with E-state index in [1.54, 1.807) is 11.3 Å². The summed E-state index contributed by atoms with van der Waals surface area (Å²) < 4.78 is 81.1. The Bertz CT molecular complexity index is 7180. The van der Waals surface area contributed by atoms with Crippen LogP contribution in [0.25, 0.3) is 119 Å². The van der Waals surface area contributed by atoms with Crippen LogP contribution in [0, 0.1) is 0 Å². The van der Waals surface area contributed by atoms with Crippen molar-refractivity contribution < 1.29 is 56.1 Å². The van der Waals surface area contributed by atoms with Gasteiger partial charge in [-0.05, 0) is 57.9 Å². The molecule has 24 rings (SSSR count). The van der Waals surface area contributed by atoms with Crippen LogP contribution in [-0.2, 0) is 43.3 Å². The number of aromatic nitrogens is 14. The maximum absolute atomic E-state index is 12.9. The summed E-state index contributed by atoms with van der Waals surface area (Å²) in [5.41, 5.74) is 13.7. The Kier molecular flexibility index (Phi) is 25.0. The predicted molar refractivity (Wildman–Crippen MR) is 543 cm³/mol. The van der Waals surface area contributed by atoms with Crippen LogP contribution in [0.5, 0.6) is 57.5 Å². The van der Waals surface area contributed by atoms with Gasteiger partial charge in [-0.15, -0.1) is 31.5 Å². The van der Waals surface area contributed by atoms with Gasteiger partial charge >= 0.3 is 6.29 Å². The van der Waals surface area contributed by atoms with E-state index < -0.39 is 6.29 Å². The highest BCUT2D eigenvalue weighted by atomic mass is 32.1. The third kappa shape index (κ3) is 20.9. The number of fused-ring (bicyclic) bond motifs is 19. The van der Waals surface area contributed by atoms with Crippen molar-refractivity contribution in [3.8, 4) is 57.5 Å². The molecule has 11 aromatic carbocycles. The maximum atomic E-state index is 12.9. The lowest BCUT2D eigenvalue weighted by Gasteiger charge is -2.18. The fourth-order valence-electron chi connectivity index (χ4n) is 15.3. The van der Waals surface area contributed by atoms with Crippen molar-refractivity contribution in [3.63, 3.8) is 0 Å². The summed E-state index contributed by atoms with van der Waals surface area (Å²) in [6.45, 7) is 55.4. The molecule has 0 radical (unpaired) electrons. The summed E-state index contributed by atoms with van der Waals surface area (Å²) in [6.07, 6.45) is -3.59. The van der Waals surface area contributed by atoms with Gasteiger partial charge < -0.3 is 77.3 Å². The monoisotopic (exact) mass is 1870 g/mol. The van der Waals surface area contributed by atoms with Gasteiger partial charge in [0.1, 0.15) is 80.1 Å². The molecule has 8 aromatic heterocycles. The van der Waals surface area contributed by atoms with E-state index in [4.69, 9.17) is 47.9 Å². The zero-order valence-corrected chi connectivity index (χ0v) is 83.5. The second kappa shape index (κ2) is 36.0. The number of H-pyrrole nitrogens is 6. The number of aromatic amines is 6. The van der Waals surface area contributed by atoms with Crippen molar-refractivity contribution in [2.75, 3.05) is 46.4 Å². The van der Waals surface area contributed by atoms with E-state index in [0.717, 1.165) is 152 Å². The number of rotatable bonds is 0. The Balaban J connectivity index is 0.000000108. The number of nitrogens with zero attached hydrogens (tertiary/aromatic N) is 8. The van der Waals surface area contributed by atoms with Crippen molar-refractivity contribution in [1.29, 1.82) is 0 Å². The number of alkyl halides is 2. The molecular formula is C108H120F2N14O10S2. The van der Waals surface area contributed by atoms with Gasteiger partial charge in [-0.1, -0.05) is 251 Å². The van der Waals surface area contributed by atoms with Crippen LogP contribution in [0.1, 0.15) is 211 Å². The first-order chi connectivity index (χ1) is 64.1. The molecule has 0 spiro atoms. The molecule has 5 aliphatic rings. The molecule has 6 N–H and O–H groups in total. The van der Waals surface area contributed by atoms with E-state index in [2.05, 4.69) is 324 Å². The number of hydrogen-bond donors (Lipinski definition) is 6. The molecule has 19 aromatic rings. The van der Waals surface area contributed by atoms with Crippen LogP contribution in [0.3, 0.4) is 0 Å². The molecule has 24 nitrogen and oxygen atoms in total. The smallest absolute Gasteiger partial charge is 0.486 e. The SMILES string of the molecule is CC(C)(C)c1nc2c(ccc3ccccc32)[nH]1.CC(C)(C)c1nc2c(ccc3ccccc32)s1.CC(C)(C)c1nc2c3c(ccc2[nH]1)OCCO3.CC(C)(C)c1nc2cc3c(cc2[nH]1)OC(F)(F)O3.CC(C)(C)c1nc2cc3c(cc2[nH]1)OCCO3.CC(C)(C)c1nc2cc3c(cc2[nH]1)OCO3.CC(C)(C)c1nc2cc3c(cc2s1)OCCO3.CC(C)(C)c1nc2cc3ccccc3cc2[nH]1. The van der Waals surface area contributed by atoms with Crippen LogP contribution in [0.15, 0.2) is 170 Å². The number of nitrogens with one attached hydrogen (secondary N) is 6. The molecule has 0 unspecified atom stereocenters. The highest BCUT2D eigenvalue weighted by Crippen LogP contribution is 2.46. The number of thiazole rings is 2. The van der Waals surface area contributed by atoms with Crippen LogP contribution >= 0.6 is 22.7 Å². The third-order valence-corrected chi connectivity index (χ3v) is 25.8. The molecule has 0 bridgehead atoms. The Hall–Kier alpha value is -13.3. The second-order valence-corrected chi connectivity index (χ2v) is 44.8. The van der Waals surface area contributed by atoms with E-state index in [-0.39, 0.29) is 54.8 Å². The first-order valence-electron chi connectivity index (χ1n) is 46.0. The fraction of sp³-hybridized carbons (Fsp3) is 0.370. The van der Waals surface area contributed by atoms with Gasteiger partial charge in [0.2, 0.25) is 6.79 Å². The van der Waals surface area contributed by atoms with Crippen molar-refractivity contribution in [2.24, 2.45) is 0 Å². The van der Waals surface area contributed by atoms with Crippen LogP contribution in [0.4, 0.5) is 8.78 Å². The molecule has 0 fully saturated rings. The molecule has 0 amide bonds. The Morgan fingerprint density at radius 2 is 0.588 bits per heavy atom. The van der Waals surface area contributed by atoms with Crippen molar-refractivity contribution in [1.82, 2.24) is 69.8 Å². The number of benzene rings is 11. The van der Waals surface area contributed by atoms with E-state index >= 15 is 0 Å². The van der Waals surface area contributed by atoms with Crippen molar-refractivity contribution in [2.45, 2.75) is 216 Å². The summed E-state index contributed by atoms with van der Waals surface area (Å²) in [5, 5.41) is 9.85. The van der Waals surface area contributed by atoms with Gasteiger partial charge in [-0.25, -0.2) is 39.9 Å². The van der Waals surface area contributed by atoms with E-state index in [1.165, 1.54) is 58.9 Å². The second-order valence-electron chi connectivity index (χ2n) is 42.8. The predicted octanol–water partition coefficient (Wildman–Crippen LogP) is 27.2. The summed E-state index contributed by atoms with van der Waals surface area (Å²) in [4.78, 5) is 57.1. The van der Waals surface area contributed by atoms with Crippen molar-refractivity contribution >= 4 is 142 Å². The Labute approximate surface area is 797 Å². The molecule has 28 heteroatoms. The van der Waals surface area contributed by atoms with Crippen LogP contribution < -0.4 is 47.4 Å². The molecular weight excluding hydrogens is 1760 g/mol. The standard InChI is InChI=1S/2C15H16N2.C15H15NS.2C13H16N2O2.C13H15NO2S.C12H12F2N2O2.C12H14N2O2/c1-15(2,3)14-16-12-8-10-6-4-5-7-11(10)9-13(12)17-14;1-15(2,3)14-16-12-9-8-10-6-4-5-7-11(10)13(12)17-14;1-15(2,3)14-16-13-11-7-5-4-6-10(11)8-9-12(13)17-14;1-13(2,3)12-14-8-6-10-11(7-9(8)15-12)17-5-4-16-10;1-13(2,3)12-14-8-4-5-9-11(10(8)15-12)17-7-6-16-9;1-13(2,3)12-14-8-6-9-10(7-11(8)17-12)16-5-4-15-9;1-11(2,3)10-15-6-4-8-9(5-7(6)16-10)18-12(13,14)17-8;1-12(2,3)11-13-7-4-9-10(16-6-15-9)5-8(7)14-11/h2*4-9H,1-3H3,(H,16,17);4-9H,1-3H3;6-7H,4-5H2,1-3H3,(H,14,15);4-5H,6-7H2,1-3H3,(H,14,15);6-7H,4-5H2,1-3H3;4-5H,1-3H3,(H,15,16);4-5H,6H2,1-3H3,(H,13,14). The quantitative estimate of drug-likeness (QED) is 0.0822. The average molecular weight is 1880 g/mol. The summed E-state index contributed by atoms with van der Waals surface area (Å²) in [7, 11) is 0. The lowest BCUT2D eigenvalue weighted by atomic mass is 9.96. The minimum absolute atomic E-state index is 0.00142. The highest BCUT2D eigenvalue weighted by Gasteiger charge is 2.44. The molecule has 0 atom stereocenters. The largest absolute Gasteiger partial charge is 0.586 e. The average Bonchev–Trinajstić information content (AvgIpc) is 1.64. The minimum atomic E-state index is -3.59. The third-order valence-electron chi connectivity index (χ3n) is 22.9. The lowest BCUT2D eigenvalue weighted by molar-refractivity contribution is -0.286. The lowest BCUT2D eigenvalue weighted by Crippen LogP contribution is -2.25. The Morgan fingerprint density at radius 1 is 0.257 bits per heavy atom. The molecule has 13 heterocycles. The van der Waals surface area contributed by atoms with E-state index in [9.17, 15) is 8.78 Å². The van der Waals surface area contributed by atoms with Crippen LogP contribution in [-0.4, -0.2) is 123 Å². The zero-order valence-electron chi connectivity index (χ0n) is 81.8. The van der Waals surface area contributed by atoms with Crippen LogP contribution in [0.2, 0.25) is 0 Å². The van der Waals surface area contributed by atoms with Gasteiger partial charge in [0.05, 0.1) is 91.1 Å². The molecule has 5 aliphatic heterocycles. The molecule has 708 valence electrons. The summed E-state index contributed by atoms with van der Waals surface area (Å²) >= 11 is 3.54. The van der Waals surface area contributed by atoms with Gasteiger partial charge in [0, 0.05) is 103 Å². The molecule has 0 aliphatic carbocycles. The van der Waals surface area contributed by atoms with Gasteiger partial charge in [0.25, 0.3) is 0 Å². The molecule has 0 saturated heterocycles. The first-order valence-corrected chi connectivity index (χ1v) is 47.7. The topological polar surface area (TPSA) is 290 Å².